The molecule has 0 saturated heterocycles. The lowest BCUT2D eigenvalue weighted by Crippen LogP contribution is -2.04. The number of aromatic amines is 1. The minimum Gasteiger partial charge on any atom is -0.493 e. The minimum atomic E-state index is -0.829. The van der Waals surface area contributed by atoms with Crippen LogP contribution in [0.2, 0.25) is 0 Å². The third-order valence-electron chi connectivity index (χ3n) is 6.58. The van der Waals surface area contributed by atoms with E-state index in [1.165, 1.54) is 0 Å². The van der Waals surface area contributed by atoms with Gasteiger partial charge in [-0.3, -0.25) is 4.79 Å². The van der Waals surface area contributed by atoms with Gasteiger partial charge in [0.1, 0.15) is 29.6 Å². The molecule has 6 nitrogen and oxygen atoms in total. The first-order valence-electron chi connectivity index (χ1n) is 13.6. The van der Waals surface area contributed by atoms with Crippen LogP contribution in [0, 0.1) is 0 Å². The van der Waals surface area contributed by atoms with Crippen LogP contribution in [0.3, 0.4) is 0 Å². The van der Waals surface area contributed by atoms with Crippen molar-refractivity contribution in [2.24, 2.45) is 0 Å². The standard InChI is InChI=1S/C34H33NO5/c1-2-6-26-22-31(40-30-12-10-29(11-13-30)39-23-24-7-4-3-5-8-24)14-16-33(26)38-18-17-28-21-27-19-25(20-34(36)37)9-15-32(27)35-28/h3-5,7-16,19,21-22,35H,2,6,17-18,20,23H2,1H3,(H,36,37). The Kier molecular flexibility index (Phi) is 8.66. The van der Waals surface area contributed by atoms with Crippen LogP contribution in [0.1, 0.15) is 35.7 Å². The summed E-state index contributed by atoms with van der Waals surface area (Å²) in [5.74, 6) is 2.33. The van der Waals surface area contributed by atoms with Crippen LogP contribution in [0.25, 0.3) is 10.9 Å². The first-order chi connectivity index (χ1) is 19.6. The van der Waals surface area contributed by atoms with Crippen LogP contribution in [0.15, 0.2) is 97.1 Å². The van der Waals surface area contributed by atoms with Gasteiger partial charge in [-0.1, -0.05) is 49.7 Å². The van der Waals surface area contributed by atoms with E-state index in [4.69, 9.17) is 19.3 Å². The molecule has 0 bridgehead atoms. The van der Waals surface area contributed by atoms with Crippen LogP contribution in [0.5, 0.6) is 23.0 Å². The number of carbonyl (C=O) groups is 1. The number of aryl methyl sites for hydroxylation is 1. The zero-order valence-corrected chi connectivity index (χ0v) is 22.6. The molecule has 0 aliphatic carbocycles. The topological polar surface area (TPSA) is 80.8 Å². The van der Waals surface area contributed by atoms with E-state index >= 15 is 0 Å². The number of ether oxygens (including phenoxy) is 3. The van der Waals surface area contributed by atoms with Gasteiger partial charge in [0.05, 0.1) is 13.0 Å². The van der Waals surface area contributed by atoms with Crippen molar-refractivity contribution in [3.63, 3.8) is 0 Å². The van der Waals surface area contributed by atoms with Crippen molar-refractivity contribution in [2.75, 3.05) is 6.61 Å². The van der Waals surface area contributed by atoms with Crippen LogP contribution < -0.4 is 14.2 Å². The average molecular weight is 536 g/mol. The zero-order valence-electron chi connectivity index (χ0n) is 22.6. The van der Waals surface area contributed by atoms with Crippen molar-refractivity contribution >= 4 is 16.9 Å². The van der Waals surface area contributed by atoms with E-state index in [1.54, 1.807) is 0 Å². The number of fused-ring (bicyclic) bond motifs is 1. The third-order valence-corrected chi connectivity index (χ3v) is 6.58. The summed E-state index contributed by atoms with van der Waals surface area (Å²) in [6.07, 6.45) is 2.62. The molecule has 0 aliphatic heterocycles. The number of aliphatic carboxylic acids is 1. The number of rotatable bonds is 13. The van der Waals surface area contributed by atoms with Crippen molar-refractivity contribution in [1.82, 2.24) is 4.98 Å². The van der Waals surface area contributed by atoms with E-state index in [2.05, 4.69) is 18.0 Å². The maximum absolute atomic E-state index is 11.0. The Hall–Kier alpha value is -4.71. The van der Waals surface area contributed by atoms with Gasteiger partial charge in [0, 0.05) is 17.6 Å². The highest BCUT2D eigenvalue weighted by Gasteiger charge is 2.09. The Balaban J connectivity index is 1.17. The van der Waals surface area contributed by atoms with Crippen LogP contribution in [0.4, 0.5) is 0 Å². The molecule has 1 aromatic heterocycles. The van der Waals surface area contributed by atoms with Crippen LogP contribution in [-0.2, 0) is 30.7 Å². The molecule has 2 N–H and O–H groups in total. The lowest BCUT2D eigenvalue weighted by atomic mass is 10.1. The Bertz CT molecular complexity index is 1560. The molecule has 0 amide bonds. The lowest BCUT2D eigenvalue weighted by molar-refractivity contribution is -0.136. The van der Waals surface area contributed by atoms with Crippen LogP contribution >= 0.6 is 0 Å². The molecular formula is C34H33NO5. The molecule has 204 valence electrons. The summed E-state index contributed by atoms with van der Waals surface area (Å²) < 4.78 is 18.2. The highest BCUT2D eigenvalue weighted by atomic mass is 16.5. The lowest BCUT2D eigenvalue weighted by Gasteiger charge is -2.14. The van der Waals surface area contributed by atoms with E-state index in [-0.39, 0.29) is 6.42 Å². The second-order valence-corrected chi connectivity index (χ2v) is 9.75. The SMILES string of the molecule is CCCc1cc(Oc2ccc(OCc3ccccc3)cc2)ccc1OCCc1cc2cc(CC(=O)O)ccc2[nH]1. The largest absolute Gasteiger partial charge is 0.493 e. The third kappa shape index (κ3) is 7.23. The molecular weight excluding hydrogens is 502 g/mol. The van der Waals surface area contributed by atoms with Crippen molar-refractivity contribution in [1.29, 1.82) is 0 Å². The summed E-state index contributed by atoms with van der Waals surface area (Å²) in [6.45, 7) is 3.20. The summed E-state index contributed by atoms with van der Waals surface area (Å²) in [7, 11) is 0. The van der Waals surface area contributed by atoms with Gasteiger partial charge >= 0.3 is 5.97 Å². The summed E-state index contributed by atoms with van der Waals surface area (Å²) in [5.41, 5.74) is 5.07. The number of aromatic nitrogens is 1. The summed E-state index contributed by atoms with van der Waals surface area (Å²) in [4.78, 5) is 14.4. The van der Waals surface area contributed by atoms with Gasteiger partial charge in [-0.15, -0.1) is 0 Å². The highest BCUT2D eigenvalue weighted by molar-refractivity contribution is 5.82. The summed E-state index contributed by atoms with van der Waals surface area (Å²) in [6, 6.07) is 31.5. The predicted octanol–water partition coefficient (Wildman–Crippen LogP) is 7.74. The Morgan fingerprint density at radius 1 is 0.775 bits per heavy atom. The van der Waals surface area contributed by atoms with Crippen molar-refractivity contribution in [3.05, 3.63) is 119 Å². The van der Waals surface area contributed by atoms with Gasteiger partial charge in [0.15, 0.2) is 0 Å². The van der Waals surface area contributed by atoms with Gasteiger partial charge < -0.3 is 24.3 Å². The molecule has 6 heteroatoms. The number of carboxylic acid groups (broad SMARTS) is 1. The number of H-pyrrole nitrogens is 1. The molecule has 40 heavy (non-hydrogen) atoms. The number of hydrogen-bond donors (Lipinski definition) is 2. The summed E-state index contributed by atoms with van der Waals surface area (Å²) >= 11 is 0. The quantitative estimate of drug-likeness (QED) is 0.161. The Labute approximate surface area is 234 Å². The van der Waals surface area contributed by atoms with Crippen LogP contribution in [-0.4, -0.2) is 22.7 Å². The maximum atomic E-state index is 11.0. The fourth-order valence-corrected chi connectivity index (χ4v) is 4.64. The molecule has 5 rings (SSSR count). The number of nitrogens with one attached hydrogen (secondary N) is 1. The zero-order chi connectivity index (χ0) is 27.7. The van der Waals surface area contributed by atoms with Crippen molar-refractivity contribution < 1.29 is 24.1 Å². The second kappa shape index (κ2) is 12.9. The maximum Gasteiger partial charge on any atom is 0.307 e. The molecule has 0 atom stereocenters. The van der Waals surface area contributed by atoms with E-state index < -0.39 is 5.97 Å². The normalized spacial score (nSPS) is 10.9. The van der Waals surface area contributed by atoms with E-state index in [0.717, 1.165) is 69.1 Å². The Morgan fingerprint density at radius 3 is 2.33 bits per heavy atom. The number of carboxylic acids is 1. The fourth-order valence-electron chi connectivity index (χ4n) is 4.64. The van der Waals surface area contributed by atoms with E-state index in [0.29, 0.717) is 19.6 Å². The molecule has 0 radical (unpaired) electrons. The molecule has 0 spiro atoms. The van der Waals surface area contributed by atoms with Gasteiger partial charge in [0.25, 0.3) is 0 Å². The molecule has 0 aliphatic rings. The first kappa shape index (κ1) is 26.9. The van der Waals surface area contributed by atoms with E-state index in [9.17, 15) is 4.79 Å². The monoisotopic (exact) mass is 535 g/mol. The highest BCUT2D eigenvalue weighted by Crippen LogP contribution is 2.30. The molecule has 0 fully saturated rings. The number of hydrogen-bond acceptors (Lipinski definition) is 4. The average Bonchev–Trinajstić information content (AvgIpc) is 3.36. The Morgan fingerprint density at radius 2 is 1.55 bits per heavy atom. The molecule has 0 saturated carbocycles. The van der Waals surface area contributed by atoms with Gasteiger partial charge in [0.2, 0.25) is 0 Å². The number of benzene rings is 4. The first-order valence-corrected chi connectivity index (χ1v) is 13.6. The molecule has 1 heterocycles. The fraction of sp³-hybridized carbons (Fsp3) is 0.206. The minimum absolute atomic E-state index is 0.0218. The summed E-state index contributed by atoms with van der Waals surface area (Å²) in [5, 5.41) is 10.1. The van der Waals surface area contributed by atoms with Gasteiger partial charge in [-0.25, -0.2) is 0 Å². The molecule has 4 aromatic carbocycles. The molecule has 0 unspecified atom stereocenters. The predicted molar refractivity (Wildman–Crippen MR) is 157 cm³/mol. The van der Waals surface area contributed by atoms with Crippen molar-refractivity contribution in [3.8, 4) is 23.0 Å². The van der Waals surface area contributed by atoms with Gasteiger partial charge in [-0.05, 0) is 89.2 Å². The van der Waals surface area contributed by atoms with Crippen molar-refractivity contribution in [2.45, 2.75) is 39.2 Å². The smallest absolute Gasteiger partial charge is 0.307 e. The van der Waals surface area contributed by atoms with Gasteiger partial charge in [-0.2, -0.15) is 0 Å². The van der Waals surface area contributed by atoms with E-state index in [1.807, 2.05) is 91.0 Å². The second-order valence-electron chi connectivity index (χ2n) is 9.75. The molecule has 5 aromatic rings.